The number of nitrogens with one attached hydrogen (secondary N) is 2. The van der Waals surface area contributed by atoms with E-state index in [2.05, 4.69) is 15.5 Å². The molecular formula is C27H30N4O4S. The number of rotatable bonds is 7. The molecule has 1 heterocycles. The maximum absolute atomic E-state index is 12.9. The summed E-state index contributed by atoms with van der Waals surface area (Å²) in [7, 11) is -3.50. The second-order valence-corrected chi connectivity index (χ2v) is 10.8. The van der Waals surface area contributed by atoms with Gasteiger partial charge in [0, 0.05) is 56.6 Å². The average molecular weight is 507 g/mol. The van der Waals surface area contributed by atoms with Crippen molar-refractivity contribution in [2.75, 3.05) is 36.8 Å². The van der Waals surface area contributed by atoms with E-state index in [4.69, 9.17) is 0 Å². The zero-order valence-corrected chi connectivity index (χ0v) is 21.2. The Bertz CT molecular complexity index is 1350. The van der Waals surface area contributed by atoms with Crippen molar-refractivity contribution in [1.82, 2.24) is 9.21 Å². The summed E-state index contributed by atoms with van der Waals surface area (Å²) >= 11 is 0. The molecule has 4 rings (SSSR count). The van der Waals surface area contributed by atoms with Gasteiger partial charge in [-0.25, -0.2) is 8.42 Å². The van der Waals surface area contributed by atoms with Gasteiger partial charge >= 0.3 is 0 Å². The Kier molecular flexibility index (Phi) is 7.83. The highest BCUT2D eigenvalue weighted by Crippen LogP contribution is 2.20. The number of nitrogens with zero attached hydrogens (tertiary/aromatic N) is 2. The van der Waals surface area contributed by atoms with E-state index in [1.165, 1.54) is 11.2 Å². The van der Waals surface area contributed by atoms with Crippen LogP contribution in [0.25, 0.3) is 0 Å². The number of carbonyl (C=O) groups is 2. The van der Waals surface area contributed by atoms with Crippen LogP contribution in [0.5, 0.6) is 0 Å². The van der Waals surface area contributed by atoms with Crippen LogP contribution < -0.4 is 10.6 Å². The number of aryl methyl sites for hydroxylation is 1. The zero-order valence-electron chi connectivity index (χ0n) is 20.4. The molecule has 1 aliphatic heterocycles. The van der Waals surface area contributed by atoms with Gasteiger partial charge in [0.15, 0.2) is 0 Å². The van der Waals surface area contributed by atoms with E-state index in [9.17, 15) is 18.0 Å². The molecule has 1 saturated heterocycles. The van der Waals surface area contributed by atoms with E-state index in [1.54, 1.807) is 42.5 Å². The van der Waals surface area contributed by atoms with Crippen LogP contribution in [-0.2, 0) is 21.4 Å². The van der Waals surface area contributed by atoms with E-state index < -0.39 is 10.0 Å². The smallest absolute Gasteiger partial charge is 0.255 e. The Morgan fingerprint density at radius 3 is 2.14 bits per heavy atom. The Morgan fingerprint density at radius 2 is 1.47 bits per heavy atom. The molecule has 0 bridgehead atoms. The number of benzene rings is 3. The van der Waals surface area contributed by atoms with Gasteiger partial charge < -0.3 is 10.6 Å². The molecule has 8 nitrogen and oxygen atoms in total. The topological polar surface area (TPSA) is 98.8 Å². The summed E-state index contributed by atoms with van der Waals surface area (Å²) in [6.45, 7) is 6.04. The maximum Gasteiger partial charge on any atom is 0.255 e. The summed E-state index contributed by atoms with van der Waals surface area (Å²) in [6, 6.07) is 21.3. The lowest BCUT2D eigenvalue weighted by Crippen LogP contribution is -2.48. The largest absolute Gasteiger partial charge is 0.326 e. The Hall–Kier alpha value is -3.53. The molecule has 0 saturated carbocycles. The number of piperazine rings is 1. The van der Waals surface area contributed by atoms with Crippen molar-refractivity contribution in [3.05, 3.63) is 89.5 Å². The van der Waals surface area contributed by atoms with Crippen molar-refractivity contribution >= 4 is 33.2 Å². The van der Waals surface area contributed by atoms with Crippen LogP contribution in [0.1, 0.15) is 28.4 Å². The first-order chi connectivity index (χ1) is 17.2. The molecule has 3 aromatic rings. The van der Waals surface area contributed by atoms with Gasteiger partial charge in [-0.3, -0.25) is 14.5 Å². The van der Waals surface area contributed by atoms with E-state index >= 15 is 0 Å². The molecule has 188 valence electrons. The highest BCUT2D eigenvalue weighted by molar-refractivity contribution is 7.89. The molecular weight excluding hydrogens is 476 g/mol. The predicted octanol–water partition coefficient (Wildman–Crippen LogP) is 3.71. The third kappa shape index (κ3) is 6.37. The van der Waals surface area contributed by atoms with Crippen LogP contribution >= 0.6 is 0 Å². The van der Waals surface area contributed by atoms with Crippen LogP contribution in [0.15, 0.2) is 77.7 Å². The minimum absolute atomic E-state index is 0.181. The number of hydrogen-bond acceptors (Lipinski definition) is 5. The van der Waals surface area contributed by atoms with Crippen molar-refractivity contribution in [3.63, 3.8) is 0 Å². The third-order valence-corrected chi connectivity index (χ3v) is 7.94. The van der Waals surface area contributed by atoms with Crippen molar-refractivity contribution in [3.8, 4) is 0 Å². The van der Waals surface area contributed by atoms with Crippen molar-refractivity contribution in [1.29, 1.82) is 0 Å². The first-order valence-corrected chi connectivity index (χ1v) is 13.2. The van der Waals surface area contributed by atoms with Crippen LogP contribution in [0.2, 0.25) is 0 Å². The Balaban J connectivity index is 1.35. The van der Waals surface area contributed by atoms with E-state index in [-0.39, 0.29) is 11.8 Å². The van der Waals surface area contributed by atoms with Gasteiger partial charge in [0.25, 0.3) is 5.91 Å². The van der Waals surface area contributed by atoms with E-state index in [0.717, 1.165) is 11.1 Å². The minimum Gasteiger partial charge on any atom is -0.326 e. The highest BCUT2D eigenvalue weighted by Gasteiger charge is 2.28. The third-order valence-electron chi connectivity index (χ3n) is 6.03. The molecule has 2 amide bonds. The van der Waals surface area contributed by atoms with E-state index in [1.807, 2.05) is 37.3 Å². The van der Waals surface area contributed by atoms with Crippen LogP contribution in [0.3, 0.4) is 0 Å². The summed E-state index contributed by atoms with van der Waals surface area (Å²) in [5.74, 6) is -0.425. The van der Waals surface area contributed by atoms with Crippen molar-refractivity contribution in [2.24, 2.45) is 0 Å². The van der Waals surface area contributed by atoms with Crippen LogP contribution in [0.4, 0.5) is 11.4 Å². The number of anilines is 2. The number of amides is 2. The molecule has 1 aliphatic rings. The molecule has 0 aromatic heterocycles. The lowest BCUT2D eigenvalue weighted by molar-refractivity contribution is -0.114. The monoisotopic (exact) mass is 506 g/mol. The SMILES string of the molecule is CC(=O)Nc1cccc(NC(=O)c2cccc(CN3CCN(S(=O)(=O)c4ccc(C)cc4)CC3)c2)c1. The number of hydrogen-bond donors (Lipinski definition) is 2. The average Bonchev–Trinajstić information content (AvgIpc) is 2.85. The summed E-state index contributed by atoms with van der Waals surface area (Å²) in [4.78, 5) is 26.6. The van der Waals surface area contributed by atoms with Gasteiger partial charge in [0.1, 0.15) is 0 Å². The van der Waals surface area contributed by atoms with Gasteiger partial charge in [0.05, 0.1) is 4.90 Å². The molecule has 9 heteroatoms. The normalized spacial score (nSPS) is 14.8. The fourth-order valence-electron chi connectivity index (χ4n) is 4.14. The number of sulfonamides is 1. The second kappa shape index (κ2) is 11.0. The molecule has 0 radical (unpaired) electrons. The first kappa shape index (κ1) is 25.6. The predicted molar refractivity (Wildman–Crippen MR) is 140 cm³/mol. The van der Waals surface area contributed by atoms with Gasteiger partial charge in [-0.05, 0) is 55.0 Å². The number of carbonyl (C=O) groups excluding carboxylic acids is 2. The van der Waals surface area contributed by atoms with Gasteiger partial charge in [-0.15, -0.1) is 0 Å². The van der Waals surface area contributed by atoms with Crippen molar-refractivity contribution in [2.45, 2.75) is 25.3 Å². The van der Waals surface area contributed by atoms with Gasteiger partial charge in [0.2, 0.25) is 15.9 Å². The lowest BCUT2D eigenvalue weighted by atomic mass is 10.1. The summed E-state index contributed by atoms with van der Waals surface area (Å²) in [5.41, 5.74) is 3.72. The first-order valence-electron chi connectivity index (χ1n) is 11.8. The van der Waals surface area contributed by atoms with Gasteiger partial charge in [-0.2, -0.15) is 4.31 Å². The molecule has 2 N–H and O–H groups in total. The molecule has 0 atom stereocenters. The van der Waals surface area contributed by atoms with Crippen LogP contribution in [-0.4, -0.2) is 55.6 Å². The second-order valence-electron chi connectivity index (χ2n) is 8.91. The molecule has 0 spiro atoms. The fourth-order valence-corrected chi connectivity index (χ4v) is 5.56. The van der Waals surface area contributed by atoms with Crippen molar-refractivity contribution < 1.29 is 18.0 Å². The molecule has 36 heavy (non-hydrogen) atoms. The summed E-state index contributed by atoms with van der Waals surface area (Å²) in [6.07, 6.45) is 0. The molecule has 3 aromatic carbocycles. The lowest BCUT2D eigenvalue weighted by Gasteiger charge is -2.34. The quantitative estimate of drug-likeness (QED) is 0.509. The Morgan fingerprint density at radius 1 is 0.833 bits per heavy atom. The van der Waals surface area contributed by atoms with Gasteiger partial charge in [-0.1, -0.05) is 35.9 Å². The molecule has 0 aliphatic carbocycles. The molecule has 1 fully saturated rings. The minimum atomic E-state index is -3.50. The van der Waals surface area contributed by atoms with Crippen LogP contribution in [0, 0.1) is 6.92 Å². The zero-order chi connectivity index (χ0) is 25.7. The maximum atomic E-state index is 12.9. The molecule has 0 unspecified atom stereocenters. The van der Waals surface area contributed by atoms with E-state index in [0.29, 0.717) is 54.6 Å². The summed E-state index contributed by atoms with van der Waals surface area (Å²) < 4.78 is 27.4. The fraction of sp³-hybridized carbons (Fsp3) is 0.259. The highest BCUT2D eigenvalue weighted by atomic mass is 32.2. The standard InChI is InChI=1S/C27H30N4O4S/c1-20-9-11-26(12-10-20)36(34,35)31-15-13-30(14-16-31)19-22-5-3-6-23(17-22)27(33)29-25-8-4-7-24(18-25)28-21(2)32/h3-12,17-18H,13-16,19H2,1-2H3,(H,28,32)(H,29,33). The Labute approximate surface area is 212 Å². The summed E-state index contributed by atoms with van der Waals surface area (Å²) in [5, 5.41) is 5.57.